The van der Waals surface area contributed by atoms with Gasteiger partial charge in [0.05, 0.1) is 0 Å². The fraction of sp³-hybridized carbons (Fsp3) is 0.615. The summed E-state index contributed by atoms with van der Waals surface area (Å²) in [4.78, 5) is 36.1. The summed E-state index contributed by atoms with van der Waals surface area (Å²) in [5, 5.41) is 0. The van der Waals surface area contributed by atoms with E-state index in [4.69, 9.17) is 19.9 Å². The quantitative estimate of drug-likeness (QED) is 0.677. The van der Waals surface area contributed by atoms with Gasteiger partial charge in [-0.15, -0.1) is 0 Å². The number of ether oxygens (including phenoxy) is 3. The molecule has 0 unspecified atom stereocenters. The van der Waals surface area contributed by atoms with Crippen LogP contribution in [0.4, 0.5) is 0 Å². The summed E-state index contributed by atoms with van der Waals surface area (Å²) >= 11 is 0. The van der Waals surface area contributed by atoms with E-state index in [1.807, 2.05) is 0 Å². The molecule has 2 amide bonds. The van der Waals surface area contributed by atoms with Gasteiger partial charge in [-0.1, -0.05) is 0 Å². The molecule has 0 aromatic heterocycles. The van der Waals surface area contributed by atoms with Crippen LogP contribution in [0.25, 0.3) is 0 Å². The summed E-state index contributed by atoms with van der Waals surface area (Å²) in [5.41, 5.74) is 5.23. The molecule has 8 nitrogen and oxygen atoms in total. The van der Waals surface area contributed by atoms with E-state index in [1.54, 1.807) is 4.90 Å². The van der Waals surface area contributed by atoms with Crippen LogP contribution in [0.3, 0.4) is 0 Å². The molecular formula is C13H18N2O6. The van der Waals surface area contributed by atoms with Crippen molar-refractivity contribution in [1.82, 2.24) is 4.90 Å². The standard InChI is InChI=1S/C13H18N2O6/c14-12(17)9-1-3-15(4-2-9)11(16)8-21-13(18)10-7-19-5-6-20-10/h7,9H,1-6,8H2,(H2,14,17). The molecule has 0 aromatic rings. The number of nitrogens with two attached hydrogens (primary N) is 1. The van der Waals surface area contributed by atoms with Crippen LogP contribution < -0.4 is 5.73 Å². The molecule has 0 spiro atoms. The average Bonchev–Trinajstić information content (AvgIpc) is 2.53. The maximum atomic E-state index is 11.9. The van der Waals surface area contributed by atoms with Crippen LogP contribution in [0.15, 0.2) is 12.0 Å². The van der Waals surface area contributed by atoms with Gasteiger partial charge >= 0.3 is 5.97 Å². The summed E-state index contributed by atoms with van der Waals surface area (Å²) in [7, 11) is 0. The number of carbonyl (C=O) groups is 3. The molecule has 2 N–H and O–H groups in total. The first-order valence-electron chi connectivity index (χ1n) is 6.76. The first kappa shape index (κ1) is 15.1. The van der Waals surface area contributed by atoms with Crippen molar-refractivity contribution in [3.63, 3.8) is 0 Å². The number of rotatable bonds is 4. The molecule has 2 rings (SSSR count). The van der Waals surface area contributed by atoms with Gasteiger partial charge in [-0.25, -0.2) is 4.79 Å². The molecule has 0 radical (unpaired) electrons. The van der Waals surface area contributed by atoms with Gasteiger partial charge in [0.25, 0.3) is 5.91 Å². The van der Waals surface area contributed by atoms with E-state index in [9.17, 15) is 14.4 Å². The SMILES string of the molecule is NC(=O)C1CCN(C(=O)COC(=O)C2=COCCO2)CC1. The molecular weight excluding hydrogens is 280 g/mol. The number of amides is 2. The van der Waals surface area contributed by atoms with E-state index < -0.39 is 5.97 Å². The highest BCUT2D eigenvalue weighted by atomic mass is 16.6. The summed E-state index contributed by atoms with van der Waals surface area (Å²) in [6.45, 7) is 1.17. The van der Waals surface area contributed by atoms with E-state index in [1.165, 1.54) is 6.26 Å². The molecule has 0 atom stereocenters. The lowest BCUT2D eigenvalue weighted by Gasteiger charge is -2.30. The fourth-order valence-electron chi connectivity index (χ4n) is 2.18. The van der Waals surface area contributed by atoms with Crippen LogP contribution in [-0.2, 0) is 28.6 Å². The predicted octanol–water partition coefficient (Wildman–Crippen LogP) is -0.858. The third-order valence-corrected chi connectivity index (χ3v) is 3.43. The Hall–Kier alpha value is -2.25. The second kappa shape index (κ2) is 6.96. The van der Waals surface area contributed by atoms with Gasteiger partial charge in [0.2, 0.25) is 11.7 Å². The highest BCUT2D eigenvalue weighted by molar-refractivity contribution is 5.88. The third kappa shape index (κ3) is 4.11. The van der Waals surface area contributed by atoms with E-state index in [0.717, 1.165) is 0 Å². The molecule has 2 heterocycles. The average molecular weight is 298 g/mol. The molecule has 8 heteroatoms. The molecule has 2 aliphatic heterocycles. The second-order valence-corrected chi connectivity index (χ2v) is 4.83. The number of hydrogen-bond acceptors (Lipinski definition) is 6. The van der Waals surface area contributed by atoms with Gasteiger partial charge in [-0.3, -0.25) is 9.59 Å². The number of esters is 1. The van der Waals surface area contributed by atoms with Crippen LogP contribution in [0.5, 0.6) is 0 Å². The normalized spacial score (nSPS) is 19.0. The van der Waals surface area contributed by atoms with Gasteiger partial charge in [-0.2, -0.15) is 0 Å². The zero-order valence-corrected chi connectivity index (χ0v) is 11.6. The van der Waals surface area contributed by atoms with Crippen molar-refractivity contribution in [2.45, 2.75) is 12.8 Å². The van der Waals surface area contributed by atoms with E-state index in [0.29, 0.717) is 32.5 Å². The van der Waals surface area contributed by atoms with E-state index >= 15 is 0 Å². The van der Waals surface area contributed by atoms with Crippen molar-refractivity contribution in [2.75, 3.05) is 32.9 Å². The maximum Gasteiger partial charge on any atom is 0.377 e. The zero-order valence-electron chi connectivity index (χ0n) is 11.6. The summed E-state index contributed by atoms with van der Waals surface area (Å²) in [6, 6.07) is 0. The smallest absolute Gasteiger partial charge is 0.377 e. The summed E-state index contributed by atoms with van der Waals surface area (Å²) in [6.07, 6.45) is 2.25. The minimum Gasteiger partial charge on any atom is -0.493 e. The molecule has 0 saturated carbocycles. The Balaban J connectivity index is 1.74. The molecule has 0 bridgehead atoms. The minimum atomic E-state index is -0.727. The van der Waals surface area contributed by atoms with Crippen molar-refractivity contribution >= 4 is 17.8 Å². The Morgan fingerprint density at radius 2 is 2.00 bits per heavy atom. The monoisotopic (exact) mass is 298 g/mol. The number of primary amides is 1. The summed E-state index contributed by atoms with van der Waals surface area (Å²) < 4.78 is 14.9. The van der Waals surface area contributed by atoms with Crippen molar-refractivity contribution in [1.29, 1.82) is 0 Å². The van der Waals surface area contributed by atoms with Crippen molar-refractivity contribution in [3.8, 4) is 0 Å². The van der Waals surface area contributed by atoms with Gasteiger partial charge in [0.15, 0.2) is 6.61 Å². The fourth-order valence-corrected chi connectivity index (χ4v) is 2.18. The highest BCUT2D eigenvalue weighted by Crippen LogP contribution is 2.16. The first-order valence-corrected chi connectivity index (χ1v) is 6.76. The van der Waals surface area contributed by atoms with Crippen LogP contribution in [0, 0.1) is 5.92 Å². The molecule has 116 valence electrons. The number of piperidine rings is 1. The molecule has 1 fully saturated rings. The Bertz CT molecular complexity index is 454. The largest absolute Gasteiger partial charge is 0.493 e. The van der Waals surface area contributed by atoms with Gasteiger partial charge < -0.3 is 24.8 Å². The number of likely N-dealkylation sites (tertiary alicyclic amines) is 1. The maximum absolute atomic E-state index is 11.9. The van der Waals surface area contributed by atoms with E-state index in [2.05, 4.69) is 0 Å². The Labute approximate surface area is 121 Å². The Morgan fingerprint density at radius 3 is 2.57 bits per heavy atom. The molecule has 1 saturated heterocycles. The van der Waals surface area contributed by atoms with Crippen molar-refractivity contribution in [3.05, 3.63) is 12.0 Å². The number of nitrogens with zero attached hydrogens (tertiary/aromatic N) is 1. The van der Waals surface area contributed by atoms with Crippen LogP contribution in [0.1, 0.15) is 12.8 Å². The highest BCUT2D eigenvalue weighted by Gasteiger charge is 2.27. The topological polar surface area (TPSA) is 108 Å². The summed E-state index contributed by atoms with van der Waals surface area (Å²) in [5.74, 6) is -1.59. The molecule has 2 aliphatic rings. The van der Waals surface area contributed by atoms with Gasteiger partial charge in [0, 0.05) is 19.0 Å². The lowest BCUT2D eigenvalue weighted by Crippen LogP contribution is -2.43. The van der Waals surface area contributed by atoms with Crippen molar-refractivity contribution in [2.24, 2.45) is 11.7 Å². The van der Waals surface area contributed by atoms with Crippen molar-refractivity contribution < 1.29 is 28.6 Å². The minimum absolute atomic E-state index is 0.0403. The molecule has 0 aromatic carbocycles. The Kier molecular flexibility index (Phi) is 5.02. The molecule has 21 heavy (non-hydrogen) atoms. The Morgan fingerprint density at radius 1 is 1.29 bits per heavy atom. The van der Waals surface area contributed by atoms with Crippen LogP contribution in [0.2, 0.25) is 0 Å². The second-order valence-electron chi connectivity index (χ2n) is 4.83. The predicted molar refractivity (Wildman–Crippen MR) is 69.4 cm³/mol. The van der Waals surface area contributed by atoms with Crippen LogP contribution in [-0.4, -0.2) is 55.6 Å². The number of carbonyl (C=O) groups excluding carboxylic acids is 3. The third-order valence-electron chi connectivity index (χ3n) is 3.43. The zero-order chi connectivity index (χ0) is 15.2. The van der Waals surface area contributed by atoms with Gasteiger partial charge in [0.1, 0.15) is 19.5 Å². The lowest BCUT2D eigenvalue weighted by molar-refractivity contribution is -0.153. The first-order chi connectivity index (χ1) is 10.1. The molecule has 0 aliphatic carbocycles. The number of hydrogen-bond donors (Lipinski definition) is 1. The van der Waals surface area contributed by atoms with Gasteiger partial charge in [-0.05, 0) is 12.8 Å². The lowest BCUT2D eigenvalue weighted by atomic mass is 9.96. The van der Waals surface area contributed by atoms with Crippen LogP contribution >= 0.6 is 0 Å². The van der Waals surface area contributed by atoms with E-state index in [-0.39, 0.29) is 36.7 Å².